The van der Waals surface area contributed by atoms with Crippen LogP contribution in [-0.2, 0) is 23.4 Å². The van der Waals surface area contributed by atoms with Gasteiger partial charge in [-0.25, -0.2) is 0 Å². The van der Waals surface area contributed by atoms with Gasteiger partial charge in [0.25, 0.3) is 0 Å². The van der Waals surface area contributed by atoms with Gasteiger partial charge in [0.2, 0.25) is 11.8 Å². The molecule has 0 saturated heterocycles. The summed E-state index contributed by atoms with van der Waals surface area (Å²) in [5.74, 6) is 1.92. The van der Waals surface area contributed by atoms with E-state index in [1.165, 1.54) is 17.3 Å². The molecule has 5 nitrogen and oxygen atoms in total. The summed E-state index contributed by atoms with van der Waals surface area (Å²) in [5, 5.41) is 6.73. The number of aryl methyl sites for hydroxylation is 1. The SMILES string of the molecule is CCCc1noc(CSC(C)C(=O)NCCc2ccccc2)n1. The maximum atomic E-state index is 12.1. The smallest absolute Gasteiger partial charge is 0.236 e. The Labute approximate surface area is 141 Å². The van der Waals surface area contributed by atoms with E-state index < -0.39 is 0 Å². The van der Waals surface area contributed by atoms with Crippen LogP contribution in [0, 0.1) is 0 Å². The first-order valence-corrected chi connectivity index (χ1v) is 8.98. The number of nitrogens with one attached hydrogen (secondary N) is 1. The van der Waals surface area contributed by atoms with Crippen molar-refractivity contribution in [2.75, 3.05) is 6.54 Å². The predicted molar refractivity (Wildman–Crippen MR) is 92.2 cm³/mol. The molecule has 0 fully saturated rings. The van der Waals surface area contributed by atoms with Crippen molar-refractivity contribution in [2.45, 2.75) is 44.1 Å². The van der Waals surface area contributed by atoms with Crippen LogP contribution in [0.2, 0.25) is 0 Å². The second-order valence-electron chi connectivity index (χ2n) is 5.33. The normalized spacial score (nSPS) is 12.1. The van der Waals surface area contributed by atoms with Crippen LogP contribution in [0.15, 0.2) is 34.9 Å². The van der Waals surface area contributed by atoms with Crippen LogP contribution in [0.5, 0.6) is 0 Å². The molecule has 1 aromatic heterocycles. The van der Waals surface area contributed by atoms with E-state index in [1.807, 2.05) is 25.1 Å². The van der Waals surface area contributed by atoms with Gasteiger partial charge in [0.05, 0.1) is 11.0 Å². The number of rotatable bonds is 9. The Balaban J connectivity index is 1.67. The lowest BCUT2D eigenvalue weighted by Gasteiger charge is -2.10. The molecule has 1 aromatic carbocycles. The summed E-state index contributed by atoms with van der Waals surface area (Å²) in [7, 11) is 0. The number of nitrogens with zero attached hydrogens (tertiary/aromatic N) is 2. The molecule has 0 saturated carbocycles. The number of carbonyl (C=O) groups excluding carboxylic acids is 1. The quantitative estimate of drug-likeness (QED) is 0.764. The molecule has 6 heteroatoms. The minimum absolute atomic E-state index is 0.0410. The molecule has 23 heavy (non-hydrogen) atoms. The number of carbonyl (C=O) groups is 1. The second kappa shape index (κ2) is 9.35. The van der Waals surface area contributed by atoms with Crippen LogP contribution in [0.4, 0.5) is 0 Å². The molecule has 0 aliphatic carbocycles. The lowest BCUT2D eigenvalue weighted by atomic mass is 10.1. The van der Waals surface area contributed by atoms with Crippen molar-refractivity contribution in [3.63, 3.8) is 0 Å². The molecular weight excluding hydrogens is 310 g/mol. The molecule has 124 valence electrons. The number of aromatic nitrogens is 2. The van der Waals surface area contributed by atoms with Crippen molar-refractivity contribution in [2.24, 2.45) is 0 Å². The molecule has 0 aliphatic rings. The maximum absolute atomic E-state index is 12.1. The number of benzene rings is 1. The molecule has 1 heterocycles. The van der Waals surface area contributed by atoms with Gasteiger partial charge in [-0.2, -0.15) is 4.98 Å². The predicted octanol–water partition coefficient (Wildman–Crippen LogP) is 3.00. The first kappa shape index (κ1) is 17.5. The van der Waals surface area contributed by atoms with Crippen LogP contribution in [0.1, 0.15) is 37.5 Å². The van der Waals surface area contributed by atoms with Gasteiger partial charge in [-0.3, -0.25) is 4.79 Å². The van der Waals surface area contributed by atoms with Crippen LogP contribution in [0.3, 0.4) is 0 Å². The highest BCUT2D eigenvalue weighted by atomic mass is 32.2. The molecule has 1 unspecified atom stereocenters. The maximum Gasteiger partial charge on any atom is 0.236 e. The zero-order valence-electron chi connectivity index (χ0n) is 13.6. The van der Waals surface area contributed by atoms with Crippen LogP contribution < -0.4 is 5.32 Å². The molecule has 2 rings (SSSR count). The zero-order chi connectivity index (χ0) is 16.5. The summed E-state index contributed by atoms with van der Waals surface area (Å²) < 4.78 is 5.17. The molecule has 0 bridgehead atoms. The van der Waals surface area contributed by atoms with Crippen LogP contribution in [-0.4, -0.2) is 27.8 Å². The van der Waals surface area contributed by atoms with E-state index in [0.29, 0.717) is 18.2 Å². The average molecular weight is 333 g/mol. The molecule has 0 radical (unpaired) electrons. The van der Waals surface area contributed by atoms with Gasteiger partial charge in [-0.15, -0.1) is 11.8 Å². The zero-order valence-corrected chi connectivity index (χ0v) is 14.4. The lowest BCUT2D eigenvalue weighted by molar-refractivity contribution is -0.120. The first-order valence-electron chi connectivity index (χ1n) is 7.93. The number of thioether (sulfide) groups is 1. The number of hydrogen-bond donors (Lipinski definition) is 1. The Hall–Kier alpha value is -1.82. The third-order valence-electron chi connectivity index (χ3n) is 3.37. The minimum atomic E-state index is -0.146. The van der Waals surface area contributed by atoms with E-state index in [1.54, 1.807) is 0 Å². The summed E-state index contributed by atoms with van der Waals surface area (Å²) in [6.45, 7) is 4.62. The molecule has 0 spiro atoms. The molecular formula is C17H23N3O2S. The highest BCUT2D eigenvalue weighted by Crippen LogP contribution is 2.17. The molecule has 2 aromatic rings. The van der Waals surface area contributed by atoms with E-state index in [9.17, 15) is 4.79 Å². The van der Waals surface area contributed by atoms with Crippen molar-refractivity contribution in [3.05, 3.63) is 47.6 Å². The Morgan fingerprint density at radius 2 is 2.09 bits per heavy atom. The van der Waals surface area contributed by atoms with Crippen molar-refractivity contribution < 1.29 is 9.32 Å². The standard InChI is InChI=1S/C17H23N3O2S/c1-3-7-15-19-16(22-20-15)12-23-13(2)17(21)18-11-10-14-8-5-4-6-9-14/h4-6,8-9,13H,3,7,10-12H2,1-2H3,(H,18,21). The third-order valence-corrected chi connectivity index (χ3v) is 4.49. The summed E-state index contributed by atoms with van der Waals surface area (Å²) in [6, 6.07) is 10.1. The van der Waals surface area contributed by atoms with E-state index in [2.05, 4.69) is 34.5 Å². The largest absolute Gasteiger partial charge is 0.355 e. The Kier molecular flexibility index (Phi) is 7.13. The van der Waals surface area contributed by atoms with Crippen LogP contribution >= 0.6 is 11.8 Å². The van der Waals surface area contributed by atoms with Gasteiger partial charge in [0.1, 0.15) is 0 Å². The van der Waals surface area contributed by atoms with Crippen LogP contribution in [0.25, 0.3) is 0 Å². The van der Waals surface area contributed by atoms with Gasteiger partial charge in [-0.1, -0.05) is 42.4 Å². The Morgan fingerprint density at radius 3 is 2.83 bits per heavy atom. The van der Waals surface area contributed by atoms with Crippen molar-refractivity contribution in [3.8, 4) is 0 Å². The van der Waals surface area contributed by atoms with Gasteiger partial charge >= 0.3 is 0 Å². The first-order chi connectivity index (χ1) is 11.2. The Bertz CT molecular complexity index is 601. The van der Waals surface area contributed by atoms with Crippen molar-refractivity contribution in [1.82, 2.24) is 15.5 Å². The monoisotopic (exact) mass is 333 g/mol. The Morgan fingerprint density at radius 1 is 1.30 bits per heavy atom. The van der Waals surface area contributed by atoms with Crippen molar-refractivity contribution >= 4 is 17.7 Å². The second-order valence-corrected chi connectivity index (χ2v) is 6.66. The molecule has 1 N–H and O–H groups in total. The van der Waals surface area contributed by atoms with Gasteiger partial charge in [0, 0.05) is 13.0 Å². The van der Waals surface area contributed by atoms with Crippen molar-refractivity contribution in [1.29, 1.82) is 0 Å². The molecule has 1 amide bonds. The highest BCUT2D eigenvalue weighted by Gasteiger charge is 2.15. The lowest BCUT2D eigenvalue weighted by Crippen LogP contribution is -2.32. The summed E-state index contributed by atoms with van der Waals surface area (Å²) in [4.78, 5) is 16.4. The highest BCUT2D eigenvalue weighted by molar-refractivity contribution is 7.99. The summed E-state index contributed by atoms with van der Waals surface area (Å²) in [6.07, 6.45) is 2.66. The average Bonchev–Trinajstić information content (AvgIpc) is 3.01. The van der Waals surface area contributed by atoms with Gasteiger partial charge in [-0.05, 0) is 25.3 Å². The fourth-order valence-corrected chi connectivity index (χ4v) is 2.81. The van der Waals surface area contributed by atoms with E-state index in [-0.39, 0.29) is 11.2 Å². The number of amides is 1. The van der Waals surface area contributed by atoms with E-state index in [4.69, 9.17) is 4.52 Å². The number of hydrogen-bond acceptors (Lipinski definition) is 5. The van der Waals surface area contributed by atoms with E-state index >= 15 is 0 Å². The minimum Gasteiger partial charge on any atom is -0.355 e. The van der Waals surface area contributed by atoms with Gasteiger partial charge < -0.3 is 9.84 Å². The summed E-state index contributed by atoms with van der Waals surface area (Å²) >= 11 is 1.51. The summed E-state index contributed by atoms with van der Waals surface area (Å²) in [5.41, 5.74) is 1.22. The third kappa shape index (κ3) is 6.06. The molecule has 1 atom stereocenters. The molecule has 0 aliphatic heterocycles. The topological polar surface area (TPSA) is 68.0 Å². The van der Waals surface area contributed by atoms with Gasteiger partial charge in [0.15, 0.2) is 5.82 Å². The fraction of sp³-hybridized carbons (Fsp3) is 0.471. The van der Waals surface area contributed by atoms with E-state index in [0.717, 1.165) is 25.1 Å². The fourth-order valence-electron chi connectivity index (χ4n) is 2.06.